The maximum atomic E-state index is 11.1. The average molecular weight is 1110 g/mol. The second-order valence-corrected chi connectivity index (χ2v) is 10.5. The molecule has 2 N–H and O–H groups in total. The van der Waals surface area contributed by atoms with Crippen LogP contribution in [-0.4, -0.2) is 99.9 Å². The molecular weight excluding hydrogens is 1070 g/mol. The molecule has 0 aliphatic heterocycles. The van der Waals surface area contributed by atoms with Gasteiger partial charge in [-0.05, 0) is 36.1 Å². The third-order valence-corrected chi connectivity index (χ3v) is 5.46. The first-order valence-electron chi connectivity index (χ1n) is 17.9. The van der Waals surface area contributed by atoms with Gasteiger partial charge in [0, 0.05) is 18.9 Å². The topological polar surface area (TPSA) is 369 Å². The van der Waals surface area contributed by atoms with Gasteiger partial charge in [-0.1, -0.05) is 141 Å². The number of carboxylic acid groups (broad SMARTS) is 2. The van der Waals surface area contributed by atoms with Crippen LogP contribution in [0.3, 0.4) is 0 Å². The number of carboxylic acids is 2. The fourth-order valence-electron chi connectivity index (χ4n) is 3.09. The quantitative estimate of drug-likeness (QED) is 0.0495. The standard InChI is InChI=1S/2C9H11NO3.2C9H10NO3.C2H3N.2C2H4O2.4Ni/c4*11-5-6-13-10-7-8-3-1-2-4-9(8)12;1-2-3;2*1-2(3)4;;;;/h2*1-4,7,11-12H,5-6H2;2*1-4,7,12H,5-6H2;1H3;2*1H3,(H,3,4);;;;/q;;2*-1;;;;4*+2/p-6/b4*10-7+;;;;;;;. The number of nitrogens with zero attached hydrogens (tertiary/aromatic N) is 5. The van der Waals surface area contributed by atoms with Crippen molar-refractivity contribution in [2.24, 2.45) is 20.6 Å². The molecule has 21 nitrogen and oxygen atoms in total. The first-order valence-corrected chi connectivity index (χ1v) is 17.9. The first kappa shape index (κ1) is 75.5. The second-order valence-electron chi connectivity index (χ2n) is 10.5. The fraction of sp³-hybridized carbons (Fsp3) is 0.262. The van der Waals surface area contributed by atoms with E-state index in [0.29, 0.717) is 22.3 Å². The van der Waals surface area contributed by atoms with Crippen LogP contribution in [0.4, 0.5) is 0 Å². The molecule has 25 heteroatoms. The number of para-hydroxylation sites is 4. The number of aliphatic carboxylic acids is 2. The van der Waals surface area contributed by atoms with Gasteiger partial charge in [-0.2, -0.15) is 5.26 Å². The molecule has 0 unspecified atom stereocenters. The van der Waals surface area contributed by atoms with Crippen molar-refractivity contribution < 1.29 is 146 Å². The van der Waals surface area contributed by atoms with Crippen LogP contribution < -0.4 is 40.9 Å². The Morgan fingerprint density at radius 2 is 0.687 bits per heavy atom. The van der Waals surface area contributed by atoms with Gasteiger partial charge in [0.05, 0.1) is 44.1 Å². The van der Waals surface area contributed by atoms with Crippen molar-refractivity contribution >= 4 is 36.8 Å². The molecule has 0 aromatic heterocycles. The summed E-state index contributed by atoms with van der Waals surface area (Å²) in [6.07, 6.45) is 5.27. The number of hydrogen-bond donors (Lipinski definition) is 2. The van der Waals surface area contributed by atoms with Gasteiger partial charge in [0.2, 0.25) is 0 Å². The van der Waals surface area contributed by atoms with Gasteiger partial charge >= 0.3 is 66.0 Å². The van der Waals surface area contributed by atoms with E-state index in [-0.39, 0.29) is 142 Å². The number of hydrogen-bond acceptors (Lipinski definition) is 21. The van der Waals surface area contributed by atoms with E-state index in [4.69, 9.17) is 35.3 Å². The molecule has 376 valence electrons. The number of oxime groups is 4. The summed E-state index contributed by atoms with van der Waals surface area (Å²) in [5.74, 6) is -2.59. The van der Waals surface area contributed by atoms with Crippen molar-refractivity contribution in [2.45, 2.75) is 20.8 Å². The van der Waals surface area contributed by atoms with Crippen molar-refractivity contribution in [3.63, 3.8) is 0 Å². The zero-order chi connectivity index (χ0) is 47.9. The minimum Gasteiger partial charge on any atom is -0.872 e. The molecule has 4 aromatic carbocycles. The summed E-state index contributed by atoms with van der Waals surface area (Å²) in [4.78, 5) is 36.1. The maximum absolute atomic E-state index is 11.1. The van der Waals surface area contributed by atoms with Gasteiger partial charge in [-0.15, -0.1) is 13.2 Å². The number of aliphatic hydroxyl groups is 2. The summed E-state index contributed by atoms with van der Waals surface area (Å²) < 4.78 is 0. The summed E-state index contributed by atoms with van der Waals surface area (Å²) >= 11 is 0. The number of rotatable bonds is 16. The molecular formula is C42H47N5Ni4O16. The molecule has 0 spiro atoms. The van der Waals surface area contributed by atoms with Crippen molar-refractivity contribution in [1.29, 1.82) is 5.26 Å². The Morgan fingerprint density at radius 3 is 0.851 bits per heavy atom. The Labute approximate surface area is 428 Å². The summed E-state index contributed by atoms with van der Waals surface area (Å²) in [6, 6.07) is 27.7. The van der Waals surface area contributed by atoms with Crippen LogP contribution in [0.5, 0.6) is 23.0 Å². The van der Waals surface area contributed by atoms with Crippen LogP contribution in [0.1, 0.15) is 43.0 Å². The molecule has 0 saturated heterocycles. The largest absolute Gasteiger partial charge is 2.00 e. The van der Waals surface area contributed by atoms with Gasteiger partial charge in [-0.25, -0.2) is 0 Å². The van der Waals surface area contributed by atoms with Crippen LogP contribution in [0.15, 0.2) is 118 Å². The molecule has 0 aliphatic carbocycles. The van der Waals surface area contributed by atoms with E-state index in [2.05, 4.69) is 40.0 Å². The van der Waals surface area contributed by atoms with Gasteiger partial charge in [0.1, 0.15) is 26.4 Å². The molecule has 0 bridgehead atoms. The zero-order valence-electron chi connectivity index (χ0n) is 35.8. The molecule has 4 rings (SSSR count). The van der Waals surface area contributed by atoms with Crippen LogP contribution in [-0.2, 0) is 94.9 Å². The first-order chi connectivity index (χ1) is 30.2. The van der Waals surface area contributed by atoms with Crippen LogP contribution in [0.2, 0.25) is 0 Å². The maximum Gasteiger partial charge on any atom is 2.00 e. The van der Waals surface area contributed by atoms with E-state index in [1.54, 1.807) is 78.9 Å². The van der Waals surface area contributed by atoms with E-state index in [1.807, 2.05) is 0 Å². The number of benzene rings is 4. The fourth-order valence-corrected chi connectivity index (χ4v) is 3.09. The molecule has 0 saturated carbocycles. The normalized spacial score (nSPS) is 9.04. The molecule has 0 heterocycles. The Hall–Kier alpha value is -5.80. The molecule has 0 fully saturated rings. The third-order valence-electron chi connectivity index (χ3n) is 5.46. The predicted octanol–water partition coefficient (Wildman–Crippen LogP) is -2.82. The Balaban J connectivity index is -0.000000131. The van der Waals surface area contributed by atoms with E-state index in [1.165, 1.54) is 56.0 Å². The molecule has 0 amide bonds. The van der Waals surface area contributed by atoms with Gasteiger partial charge < -0.3 is 80.0 Å². The smallest absolute Gasteiger partial charge is 0.872 e. The minimum absolute atomic E-state index is 0. The van der Waals surface area contributed by atoms with E-state index in [9.17, 15) is 30.6 Å². The zero-order valence-corrected chi connectivity index (χ0v) is 39.8. The number of nitriles is 1. The number of carbonyl (C=O) groups is 2. The van der Waals surface area contributed by atoms with Crippen molar-refractivity contribution in [2.75, 3.05) is 52.9 Å². The van der Waals surface area contributed by atoms with Crippen molar-refractivity contribution in [1.82, 2.24) is 0 Å². The van der Waals surface area contributed by atoms with E-state index >= 15 is 0 Å². The molecule has 0 radical (unpaired) electrons. The average Bonchev–Trinajstić information content (AvgIpc) is 3.24. The SMILES string of the molecule is CC#N.CC(=O)[O-].CC(=O)[O-].[Ni+2].[Ni+2].[Ni+2].[Ni+2].[O-]CCO/N=C/c1ccccc1[O-].[O-]CCO/N=C/c1ccccc1[O-].[O-]c1ccccc1/C=N/OCCO.[O-]c1ccccc1/C=N/OCCO. The Morgan fingerprint density at radius 1 is 0.507 bits per heavy atom. The molecule has 0 aliphatic rings. The van der Waals surface area contributed by atoms with Gasteiger partial charge in [0.15, 0.2) is 0 Å². The van der Waals surface area contributed by atoms with Gasteiger partial charge in [0.25, 0.3) is 0 Å². The van der Waals surface area contributed by atoms with E-state index < -0.39 is 11.9 Å². The van der Waals surface area contributed by atoms with E-state index in [0.717, 1.165) is 13.8 Å². The predicted molar refractivity (Wildman–Crippen MR) is 214 cm³/mol. The summed E-state index contributed by atoms with van der Waals surface area (Å²) in [5, 5.41) is 120. The number of aliphatic hydroxyl groups excluding tert-OH is 2. The van der Waals surface area contributed by atoms with Crippen molar-refractivity contribution in [3.05, 3.63) is 119 Å². The third kappa shape index (κ3) is 52.7. The Bertz CT molecular complexity index is 1690. The Kier molecular flexibility index (Phi) is 63.5. The summed E-state index contributed by atoms with van der Waals surface area (Å²) in [6.45, 7) is 2.85. The minimum atomic E-state index is -1.08. The van der Waals surface area contributed by atoms with Crippen LogP contribution >= 0.6 is 0 Å². The monoisotopic (exact) mass is 1110 g/mol. The van der Waals surface area contributed by atoms with Crippen LogP contribution in [0, 0.1) is 11.3 Å². The molecule has 67 heavy (non-hydrogen) atoms. The second kappa shape index (κ2) is 56.3. The number of carbonyl (C=O) groups excluding carboxylic acids is 2. The summed E-state index contributed by atoms with van der Waals surface area (Å²) in [7, 11) is 0. The van der Waals surface area contributed by atoms with Crippen LogP contribution in [0.25, 0.3) is 0 Å². The van der Waals surface area contributed by atoms with Crippen molar-refractivity contribution in [3.8, 4) is 29.1 Å². The molecule has 4 aromatic rings. The van der Waals surface area contributed by atoms with Gasteiger partial charge in [-0.3, -0.25) is 0 Å². The molecule has 0 atom stereocenters. The summed E-state index contributed by atoms with van der Waals surface area (Å²) in [5.41, 5.74) is 1.85.